The van der Waals surface area contributed by atoms with Crippen molar-refractivity contribution in [2.75, 3.05) is 19.6 Å². The number of carboxylic acid groups (broad SMARTS) is 4. The number of benzene rings is 1. The zero-order valence-corrected chi connectivity index (χ0v) is 65.1. The Morgan fingerprint density at radius 1 is 0.357 bits per heavy atom. The summed E-state index contributed by atoms with van der Waals surface area (Å²) in [7, 11) is 0. The largest absolute Gasteiger partial charge is 0.508 e. The van der Waals surface area contributed by atoms with Gasteiger partial charge in [-0.25, -0.2) is 4.79 Å². The number of phenolic OH excluding ortho intramolecular Hbond substituents is 1. The molecule has 0 unspecified atom stereocenters. The lowest BCUT2D eigenvalue weighted by molar-refractivity contribution is -0.147. The van der Waals surface area contributed by atoms with Gasteiger partial charge in [0, 0.05) is 19.4 Å². The summed E-state index contributed by atoms with van der Waals surface area (Å²) in [5.74, 6) is -21.7. The number of guanidine groups is 1. The second-order valence-corrected chi connectivity index (χ2v) is 29.1. The normalized spacial score (nSPS) is 14.7. The molecule has 41 heteroatoms. The highest BCUT2D eigenvalue weighted by Crippen LogP contribution is 2.17. The summed E-state index contributed by atoms with van der Waals surface area (Å²) in [6.07, 6.45) is -3.59. The minimum absolute atomic E-state index is 0.00146. The Labute approximate surface area is 649 Å². The van der Waals surface area contributed by atoms with Crippen LogP contribution in [-0.2, 0) is 87.9 Å². The number of hydrogen-bond donors (Lipinski definition) is 23. The third kappa shape index (κ3) is 40.7. The molecule has 0 spiro atoms. The van der Waals surface area contributed by atoms with Crippen molar-refractivity contribution >= 4 is 107 Å². The molecule has 1 aromatic carbocycles. The van der Waals surface area contributed by atoms with E-state index in [4.69, 9.17) is 34.4 Å². The SMILES string of the molecule is CC(C)C[C@H](NC(=O)[C@H](CC(N)=O)NC(=O)[C@H](C)NC(=O)[C@H](CCC(=O)O)NC(=O)[C@@H](N)CCCCN)C(=O)N[C@@H](CC(C)C)C(=O)N[C@@H](CCCN=C(N)N)C(=O)N[C@@H](Cc1ccc(O)cc1)C(=O)N[C@@H](CC(C)C)C(=O)N[C@@H](CC(C)C)C(=O)N[C@@H](CC(=O)O)C(=O)N[C@@H](CCCCN)C(=O)N[C@@H](CC(=O)O)C(=O)O. The van der Waals surface area contributed by atoms with E-state index in [2.05, 4.69) is 63.5 Å². The summed E-state index contributed by atoms with van der Waals surface area (Å²) in [6.45, 7) is 15.1. The number of aromatic hydroxyl groups is 1. The molecule has 29 N–H and O–H groups in total. The Morgan fingerprint density at radius 2 is 0.679 bits per heavy atom. The van der Waals surface area contributed by atoms with Crippen LogP contribution < -0.4 is 98.2 Å². The minimum atomic E-state index is -1.95. The maximum absolute atomic E-state index is 14.9. The first-order valence-corrected chi connectivity index (χ1v) is 37.2. The summed E-state index contributed by atoms with van der Waals surface area (Å²) in [4.78, 5) is 233. The van der Waals surface area contributed by atoms with Crippen LogP contribution in [0, 0.1) is 23.7 Å². The van der Waals surface area contributed by atoms with Crippen molar-refractivity contribution in [2.24, 2.45) is 63.1 Å². The van der Waals surface area contributed by atoms with Crippen LogP contribution >= 0.6 is 0 Å². The zero-order valence-electron chi connectivity index (χ0n) is 65.1. The predicted molar refractivity (Wildman–Crippen MR) is 405 cm³/mol. The molecule has 0 aliphatic rings. The number of nitrogens with two attached hydrogens (primary N) is 6. The van der Waals surface area contributed by atoms with E-state index in [-0.39, 0.29) is 107 Å². The molecule has 1 rings (SSSR count). The number of phenols is 1. The van der Waals surface area contributed by atoms with Crippen molar-refractivity contribution in [1.82, 2.24) is 63.8 Å². The highest BCUT2D eigenvalue weighted by Gasteiger charge is 2.39. The van der Waals surface area contributed by atoms with Crippen LogP contribution in [0.4, 0.5) is 0 Å². The maximum Gasteiger partial charge on any atom is 0.326 e. The van der Waals surface area contributed by atoms with E-state index < -0.39 is 217 Å². The number of primary amides is 1. The van der Waals surface area contributed by atoms with Crippen LogP contribution in [0.1, 0.15) is 177 Å². The Balaban J connectivity index is 3.82. The fourth-order valence-electron chi connectivity index (χ4n) is 11.2. The Morgan fingerprint density at radius 3 is 1.07 bits per heavy atom. The molecule has 0 bridgehead atoms. The maximum atomic E-state index is 14.9. The van der Waals surface area contributed by atoms with E-state index >= 15 is 0 Å². The number of amides is 13. The number of rotatable bonds is 56. The van der Waals surface area contributed by atoms with Crippen molar-refractivity contribution in [2.45, 2.75) is 256 Å². The molecule has 0 fully saturated rings. The van der Waals surface area contributed by atoms with Gasteiger partial charge in [-0.2, -0.15) is 0 Å². The first-order chi connectivity index (χ1) is 52.4. The first kappa shape index (κ1) is 99.2. The van der Waals surface area contributed by atoms with Crippen LogP contribution in [0.25, 0.3) is 0 Å². The van der Waals surface area contributed by atoms with Crippen molar-refractivity contribution in [1.29, 1.82) is 0 Å². The van der Waals surface area contributed by atoms with Crippen LogP contribution in [0.15, 0.2) is 29.3 Å². The topological polar surface area (TPSA) is 704 Å². The lowest BCUT2D eigenvalue weighted by Gasteiger charge is -2.29. The van der Waals surface area contributed by atoms with Gasteiger partial charge in [0.15, 0.2) is 5.96 Å². The van der Waals surface area contributed by atoms with Gasteiger partial charge in [-0.3, -0.25) is 81.7 Å². The van der Waals surface area contributed by atoms with Crippen molar-refractivity contribution in [3.8, 4) is 5.75 Å². The number of carboxylic acids is 4. The minimum Gasteiger partial charge on any atom is -0.508 e. The molecule has 0 aliphatic carbocycles. The van der Waals surface area contributed by atoms with Crippen molar-refractivity contribution < 1.29 is 107 Å². The zero-order chi connectivity index (χ0) is 85.2. The number of hydrogen-bond acceptors (Lipinski definition) is 22. The molecule has 0 heterocycles. The molecule has 0 saturated heterocycles. The average molecular weight is 1590 g/mol. The summed E-state index contributed by atoms with van der Waals surface area (Å²) >= 11 is 0. The van der Waals surface area contributed by atoms with Gasteiger partial charge in [0.2, 0.25) is 76.8 Å². The molecule has 41 nitrogen and oxygen atoms in total. The van der Waals surface area contributed by atoms with E-state index in [0.717, 1.165) is 0 Å². The fourth-order valence-corrected chi connectivity index (χ4v) is 11.2. The lowest BCUT2D eigenvalue weighted by Crippen LogP contribution is -2.61. The quantitative estimate of drug-likeness (QED) is 0.0166. The predicted octanol–water partition coefficient (Wildman–Crippen LogP) is -4.63. The van der Waals surface area contributed by atoms with E-state index in [0.29, 0.717) is 31.4 Å². The number of unbranched alkanes of at least 4 members (excludes halogenated alkanes) is 2. The Bertz CT molecular complexity index is 3370. The first-order valence-electron chi connectivity index (χ1n) is 37.2. The lowest BCUT2D eigenvalue weighted by atomic mass is 9.98. The number of carbonyl (C=O) groups is 17. The van der Waals surface area contributed by atoms with Gasteiger partial charge >= 0.3 is 23.9 Å². The molecule has 0 saturated carbocycles. The van der Waals surface area contributed by atoms with Gasteiger partial charge in [0.05, 0.1) is 25.3 Å². The van der Waals surface area contributed by atoms with Crippen LogP contribution in [-0.4, -0.2) is 230 Å². The third-order valence-corrected chi connectivity index (χ3v) is 16.9. The molecular weight excluding hydrogens is 1470 g/mol. The monoisotopic (exact) mass is 1590 g/mol. The van der Waals surface area contributed by atoms with Gasteiger partial charge in [0.1, 0.15) is 78.3 Å². The summed E-state index contributed by atoms with van der Waals surface area (Å²) < 4.78 is 0. The van der Waals surface area contributed by atoms with Crippen LogP contribution in [0.5, 0.6) is 5.75 Å². The van der Waals surface area contributed by atoms with E-state index in [9.17, 15) is 107 Å². The molecule has 1 aromatic rings. The van der Waals surface area contributed by atoms with Crippen molar-refractivity contribution in [3.63, 3.8) is 0 Å². The second-order valence-electron chi connectivity index (χ2n) is 29.1. The van der Waals surface area contributed by atoms with Gasteiger partial charge in [-0.15, -0.1) is 0 Å². The van der Waals surface area contributed by atoms with E-state index in [1.165, 1.54) is 31.2 Å². The number of aliphatic carboxylic acids is 4. The van der Waals surface area contributed by atoms with Gasteiger partial charge in [0.25, 0.3) is 0 Å². The smallest absolute Gasteiger partial charge is 0.326 e. The van der Waals surface area contributed by atoms with Crippen LogP contribution in [0.3, 0.4) is 0 Å². The summed E-state index contributed by atoms with van der Waals surface area (Å²) in [5.41, 5.74) is 34.2. The standard InChI is InChI=1S/C71H119N19O22/c1-35(2)27-46(84-65(106)48(29-37(5)6)87-68(109)51(32-54(75)92)83-58(99)39(9)79-60(101)45(22-23-55(93)94)80-59(100)42(74)15-10-12-24-72)63(104)82-44(17-14-26-78-71(76)77)61(102)88-50(31-40-18-20-41(91)21-19-40)67(108)86-47(28-36(3)4)64(105)85-49(30-38(7)8)66(107)89-52(33-56(95)96)69(110)81-43(16-11-13-25-73)62(103)90-53(70(111)112)34-57(97)98/h18-21,35-39,42-53,91H,10-17,22-34,72-74H2,1-9H3,(H2,75,92)(H,79,101)(H,80,100)(H,81,110)(H,82,104)(H,83,99)(H,84,106)(H,85,105)(H,86,108)(H,87,109)(H,88,102)(H,89,107)(H,90,103)(H,93,94)(H,95,96)(H,97,98)(H,111,112)(H4,76,77,78)/t39-,42-,43-,44-,45-,46-,47-,48-,49-,50-,51-,52-,53-/m0/s1. The van der Waals surface area contributed by atoms with E-state index in [1.807, 2.05) is 5.32 Å². The van der Waals surface area contributed by atoms with Crippen molar-refractivity contribution in [3.05, 3.63) is 29.8 Å². The number of aliphatic imine (C=N–C) groups is 1. The van der Waals surface area contributed by atoms with Gasteiger partial charge < -0.3 is 124 Å². The molecule has 630 valence electrons. The fraction of sp³-hybridized carbons (Fsp3) is 0.662. The average Bonchev–Trinajstić information content (AvgIpc) is 0.867. The molecule has 112 heavy (non-hydrogen) atoms. The highest BCUT2D eigenvalue weighted by molar-refractivity contribution is 6.01. The Kier molecular flexibility index (Phi) is 45.7. The van der Waals surface area contributed by atoms with Gasteiger partial charge in [-0.05, 0) is 138 Å². The van der Waals surface area contributed by atoms with E-state index in [1.54, 1.807) is 55.4 Å². The second kappa shape index (κ2) is 51.6. The summed E-state index contributed by atoms with van der Waals surface area (Å²) in [6, 6.07) is -15.2. The molecule has 13 amide bonds. The highest BCUT2D eigenvalue weighted by atomic mass is 16.4. The number of carbonyl (C=O) groups excluding carboxylic acids is 13. The summed E-state index contributed by atoms with van der Waals surface area (Å²) in [5, 5.41) is 77.7. The van der Waals surface area contributed by atoms with Crippen LogP contribution in [0.2, 0.25) is 0 Å². The molecule has 0 aliphatic heterocycles. The molecule has 13 atom stereocenters. The molecule has 0 radical (unpaired) electrons. The van der Waals surface area contributed by atoms with Gasteiger partial charge in [-0.1, -0.05) is 73.9 Å². The number of nitrogens with zero attached hydrogens (tertiary/aromatic N) is 1. The Hall–Kier alpha value is -10.8. The number of nitrogens with one attached hydrogen (secondary N) is 12. The molecular formula is C71H119N19O22. The third-order valence-electron chi connectivity index (χ3n) is 16.9. The molecule has 0 aromatic heterocycles.